The quantitative estimate of drug-likeness (QED) is 0.563. The third kappa shape index (κ3) is 3.58. The average molecular weight is 378 g/mol. The van der Waals surface area contributed by atoms with E-state index in [4.69, 9.17) is 0 Å². The van der Waals surface area contributed by atoms with Crippen LogP contribution in [-0.4, -0.2) is 30.8 Å². The second-order valence-electron chi connectivity index (χ2n) is 5.79. The van der Waals surface area contributed by atoms with Crippen LogP contribution in [0.1, 0.15) is 28.6 Å². The number of thiazole rings is 1. The van der Waals surface area contributed by atoms with Crippen LogP contribution in [-0.2, 0) is 0 Å². The lowest BCUT2D eigenvalue weighted by molar-refractivity contribution is 0.0938. The molecule has 3 heterocycles. The van der Waals surface area contributed by atoms with E-state index < -0.39 is 6.04 Å². The van der Waals surface area contributed by atoms with E-state index in [2.05, 4.69) is 30.2 Å². The number of fused-ring (bicyclic) bond motifs is 1. The molecule has 1 unspecified atom stereocenters. The fourth-order valence-corrected chi connectivity index (χ4v) is 3.42. The topological polar surface area (TPSA) is 114 Å². The molecule has 2 N–H and O–H groups in total. The molecule has 0 aliphatic heterocycles. The van der Waals surface area contributed by atoms with Crippen molar-refractivity contribution < 1.29 is 4.79 Å². The Labute approximate surface area is 157 Å². The minimum absolute atomic E-state index is 0.321. The van der Waals surface area contributed by atoms with Crippen molar-refractivity contribution in [1.29, 1.82) is 0 Å². The van der Waals surface area contributed by atoms with Gasteiger partial charge in [-0.2, -0.15) is 0 Å². The first-order valence-corrected chi connectivity index (χ1v) is 8.96. The van der Waals surface area contributed by atoms with Crippen LogP contribution in [0.4, 0.5) is 0 Å². The largest absolute Gasteiger partial charge is 0.340 e. The van der Waals surface area contributed by atoms with Gasteiger partial charge in [0.1, 0.15) is 12.2 Å². The minimum atomic E-state index is -0.515. The summed E-state index contributed by atoms with van der Waals surface area (Å²) in [6.45, 7) is 1.74. The van der Waals surface area contributed by atoms with Crippen molar-refractivity contribution in [2.45, 2.75) is 13.0 Å². The number of para-hydroxylation sites is 1. The van der Waals surface area contributed by atoms with Crippen molar-refractivity contribution in [3.05, 3.63) is 70.1 Å². The summed E-state index contributed by atoms with van der Waals surface area (Å²) in [5.41, 5.74) is 1.39. The molecule has 0 aliphatic carbocycles. The van der Waals surface area contributed by atoms with Crippen molar-refractivity contribution in [1.82, 2.24) is 30.2 Å². The van der Waals surface area contributed by atoms with Crippen LogP contribution in [0.5, 0.6) is 0 Å². The number of carbonyl (C=O) groups is 1. The van der Waals surface area contributed by atoms with Gasteiger partial charge in [-0.25, -0.2) is 19.9 Å². The van der Waals surface area contributed by atoms with Crippen molar-refractivity contribution in [3.63, 3.8) is 0 Å². The van der Waals surface area contributed by atoms with Gasteiger partial charge in [-0.05, 0) is 25.1 Å². The Morgan fingerprint density at radius 1 is 1.19 bits per heavy atom. The van der Waals surface area contributed by atoms with Gasteiger partial charge in [0, 0.05) is 12.3 Å². The van der Waals surface area contributed by atoms with Gasteiger partial charge in [0.05, 0.1) is 27.6 Å². The van der Waals surface area contributed by atoms with Crippen LogP contribution < -0.4 is 10.9 Å². The Bertz CT molecular complexity index is 1140. The van der Waals surface area contributed by atoms with E-state index >= 15 is 0 Å². The van der Waals surface area contributed by atoms with Gasteiger partial charge in [-0.3, -0.25) is 9.59 Å². The predicted octanol–water partition coefficient (Wildman–Crippen LogP) is 2.33. The molecule has 9 heteroatoms. The number of rotatable bonds is 4. The van der Waals surface area contributed by atoms with Gasteiger partial charge in [-0.1, -0.05) is 12.1 Å². The summed E-state index contributed by atoms with van der Waals surface area (Å²) < 4.78 is 0.938. The monoisotopic (exact) mass is 378 g/mol. The number of aromatic amines is 1. The molecule has 4 rings (SSSR count). The fraction of sp³-hybridized carbons (Fsp3) is 0.111. The standard InChI is InChI=1S/C18H14N6O2S/c1-10(21-17(26)18-23-12-4-2-3-5-14(12)27-18)16-22-13(8-15(25)24-16)11-6-7-19-9-20-11/h2-10H,1H3,(H,21,26)(H,22,24,25). The van der Waals surface area contributed by atoms with Crippen LogP contribution in [0.15, 0.2) is 53.7 Å². The number of benzene rings is 1. The molecule has 0 radical (unpaired) electrons. The maximum Gasteiger partial charge on any atom is 0.280 e. The maximum absolute atomic E-state index is 12.5. The molecule has 0 saturated heterocycles. The summed E-state index contributed by atoms with van der Waals surface area (Å²) in [6, 6.07) is 10.0. The lowest BCUT2D eigenvalue weighted by atomic mass is 10.2. The molecular formula is C18H14N6O2S. The summed E-state index contributed by atoms with van der Waals surface area (Å²) >= 11 is 1.31. The van der Waals surface area contributed by atoms with Crippen molar-refractivity contribution in [3.8, 4) is 11.4 Å². The number of aromatic nitrogens is 5. The van der Waals surface area contributed by atoms with Crippen LogP contribution in [0.3, 0.4) is 0 Å². The van der Waals surface area contributed by atoms with Crippen molar-refractivity contribution >= 4 is 27.5 Å². The number of hydrogen-bond acceptors (Lipinski definition) is 7. The lowest BCUT2D eigenvalue weighted by Crippen LogP contribution is -2.29. The molecular weight excluding hydrogens is 364 g/mol. The summed E-state index contributed by atoms with van der Waals surface area (Å²) in [6.07, 6.45) is 2.96. The second-order valence-corrected chi connectivity index (χ2v) is 6.82. The number of nitrogens with one attached hydrogen (secondary N) is 2. The van der Waals surface area contributed by atoms with Crippen LogP contribution >= 0.6 is 11.3 Å². The van der Waals surface area contributed by atoms with Crippen LogP contribution in [0.25, 0.3) is 21.6 Å². The number of amides is 1. The molecule has 0 aliphatic rings. The second kappa shape index (κ2) is 7.04. The van der Waals surface area contributed by atoms with E-state index in [9.17, 15) is 9.59 Å². The third-order valence-corrected chi connectivity index (χ3v) is 4.89. The summed E-state index contributed by atoms with van der Waals surface area (Å²) in [5.74, 6) is 0.0179. The highest BCUT2D eigenvalue weighted by atomic mass is 32.1. The molecule has 1 amide bonds. The Morgan fingerprint density at radius 2 is 2.04 bits per heavy atom. The molecule has 0 saturated carbocycles. The lowest BCUT2D eigenvalue weighted by Gasteiger charge is -2.13. The molecule has 4 aromatic rings. The van der Waals surface area contributed by atoms with E-state index in [0.29, 0.717) is 22.2 Å². The van der Waals surface area contributed by atoms with E-state index in [1.165, 1.54) is 23.7 Å². The van der Waals surface area contributed by atoms with Crippen molar-refractivity contribution in [2.24, 2.45) is 0 Å². The van der Waals surface area contributed by atoms with E-state index in [1.54, 1.807) is 19.2 Å². The SMILES string of the molecule is CC(NC(=O)c1nc2ccccc2s1)c1nc(-c2ccncn2)cc(=O)[nH]1. The van der Waals surface area contributed by atoms with Crippen LogP contribution in [0.2, 0.25) is 0 Å². The van der Waals surface area contributed by atoms with Gasteiger partial charge in [0.2, 0.25) is 0 Å². The number of carbonyl (C=O) groups excluding carboxylic acids is 1. The molecule has 1 aromatic carbocycles. The molecule has 0 bridgehead atoms. The van der Waals surface area contributed by atoms with Gasteiger partial charge in [-0.15, -0.1) is 11.3 Å². The molecule has 27 heavy (non-hydrogen) atoms. The van der Waals surface area contributed by atoms with E-state index in [1.807, 2.05) is 24.3 Å². The van der Waals surface area contributed by atoms with E-state index in [0.717, 1.165) is 10.2 Å². The Morgan fingerprint density at radius 3 is 2.81 bits per heavy atom. The highest BCUT2D eigenvalue weighted by Crippen LogP contribution is 2.22. The Balaban J connectivity index is 1.59. The molecule has 1 atom stereocenters. The molecule has 3 aromatic heterocycles. The first-order valence-electron chi connectivity index (χ1n) is 8.14. The zero-order valence-corrected chi connectivity index (χ0v) is 15.0. The van der Waals surface area contributed by atoms with Gasteiger partial charge in [0.15, 0.2) is 5.01 Å². The highest BCUT2D eigenvalue weighted by Gasteiger charge is 2.18. The predicted molar refractivity (Wildman–Crippen MR) is 101 cm³/mol. The van der Waals surface area contributed by atoms with Crippen molar-refractivity contribution in [2.75, 3.05) is 0 Å². The first kappa shape index (κ1) is 17.0. The van der Waals surface area contributed by atoms with Crippen LogP contribution in [0, 0.1) is 0 Å². The van der Waals surface area contributed by atoms with Gasteiger partial charge < -0.3 is 10.3 Å². The average Bonchev–Trinajstić information content (AvgIpc) is 3.12. The summed E-state index contributed by atoms with van der Waals surface area (Å²) in [5, 5.41) is 3.18. The summed E-state index contributed by atoms with van der Waals surface area (Å²) in [7, 11) is 0. The first-order chi connectivity index (χ1) is 13.1. The smallest absolute Gasteiger partial charge is 0.280 e. The third-order valence-electron chi connectivity index (χ3n) is 3.85. The fourth-order valence-electron chi connectivity index (χ4n) is 2.55. The minimum Gasteiger partial charge on any atom is -0.340 e. The summed E-state index contributed by atoms with van der Waals surface area (Å²) in [4.78, 5) is 43.9. The molecule has 0 spiro atoms. The van der Waals surface area contributed by atoms with Gasteiger partial charge in [0.25, 0.3) is 11.5 Å². The maximum atomic E-state index is 12.5. The molecule has 134 valence electrons. The normalized spacial score (nSPS) is 12.0. The highest BCUT2D eigenvalue weighted by molar-refractivity contribution is 7.20. The van der Waals surface area contributed by atoms with E-state index in [-0.39, 0.29) is 11.5 Å². The zero-order valence-electron chi connectivity index (χ0n) is 14.2. The van der Waals surface area contributed by atoms with Gasteiger partial charge >= 0.3 is 0 Å². The number of nitrogens with zero attached hydrogens (tertiary/aromatic N) is 4. The zero-order chi connectivity index (χ0) is 18.8. The number of hydrogen-bond donors (Lipinski definition) is 2. The number of H-pyrrole nitrogens is 1. The Hall–Kier alpha value is -3.46. The Kier molecular flexibility index (Phi) is 4.43. The molecule has 0 fully saturated rings. The molecule has 8 nitrogen and oxygen atoms in total.